The zero-order chi connectivity index (χ0) is 6.85. The van der Waals surface area contributed by atoms with Crippen molar-refractivity contribution in [2.75, 3.05) is 0 Å². The predicted molar refractivity (Wildman–Crippen MR) is 25.7 cm³/mol. The van der Waals surface area contributed by atoms with Gasteiger partial charge in [-0.15, -0.1) is 4.63 Å². The molecule has 0 saturated heterocycles. The van der Waals surface area contributed by atoms with Gasteiger partial charge in [-0.05, 0) is 17.0 Å². The third-order valence-corrected chi connectivity index (χ3v) is 0.802. The molecule has 0 amide bonds. The lowest BCUT2D eigenvalue weighted by molar-refractivity contribution is -0.391. The highest BCUT2D eigenvalue weighted by atomic mass is 16.6. The van der Waals surface area contributed by atoms with Crippen molar-refractivity contribution in [2.45, 2.75) is 6.92 Å². The van der Waals surface area contributed by atoms with E-state index in [2.05, 4.69) is 14.9 Å². The molecule has 0 atom stereocenters. The molecule has 0 N–H and O–H groups in total. The molecule has 1 rings (SSSR count). The normalized spacial score (nSPS) is 9.44. The van der Waals surface area contributed by atoms with Gasteiger partial charge in [-0.25, -0.2) is 0 Å². The highest BCUT2D eigenvalue weighted by Crippen LogP contribution is 2.08. The number of rotatable bonds is 1. The molecular formula is C3H3N3O3. The summed E-state index contributed by atoms with van der Waals surface area (Å²) >= 11 is 0. The Labute approximate surface area is 49.6 Å². The summed E-state index contributed by atoms with van der Waals surface area (Å²) in [6.45, 7) is 1.45. The summed E-state index contributed by atoms with van der Waals surface area (Å²) in [5, 5.41) is 16.2. The summed E-state index contributed by atoms with van der Waals surface area (Å²) < 4.78 is 4.06. The lowest BCUT2D eigenvalue weighted by Crippen LogP contribution is -1.89. The second kappa shape index (κ2) is 1.81. The lowest BCUT2D eigenvalue weighted by atomic mass is 10.5. The molecule has 0 unspecified atom stereocenters. The van der Waals surface area contributed by atoms with Gasteiger partial charge in [0.25, 0.3) is 0 Å². The second-order valence-electron chi connectivity index (χ2n) is 1.43. The summed E-state index contributed by atoms with van der Waals surface area (Å²) in [6, 6.07) is 0. The fourth-order valence-corrected chi connectivity index (χ4v) is 0.393. The Bertz CT molecular complexity index is 230. The van der Waals surface area contributed by atoms with E-state index >= 15 is 0 Å². The van der Waals surface area contributed by atoms with Gasteiger partial charge in [-0.2, -0.15) is 0 Å². The molecule has 6 heteroatoms. The average molecular weight is 129 g/mol. The molecule has 1 aromatic rings. The van der Waals surface area contributed by atoms with Crippen molar-refractivity contribution in [3.63, 3.8) is 0 Å². The fraction of sp³-hybridized carbons (Fsp3) is 0.333. The highest BCUT2D eigenvalue weighted by molar-refractivity contribution is 5.19. The number of hydrogen-bond acceptors (Lipinski definition) is 5. The van der Waals surface area contributed by atoms with Gasteiger partial charge in [0.05, 0.1) is 0 Å². The minimum Gasteiger partial charge on any atom is -0.358 e. The molecule has 1 aromatic heterocycles. The Morgan fingerprint density at radius 3 is 2.56 bits per heavy atom. The van der Waals surface area contributed by atoms with E-state index in [1.165, 1.54) is 6.92 Å². The second-order valence-corrected chi connectivity index (χ2v) is 1.43. The van der Waals surface area contributed by atoms with Gasteiger partial charge < -0.3 is 10.1 Å². The fourth-order valence-electron chi connectivity index (χ4n) is 0.393. The van der Waals surface area contributed by atoms with Crippen LogP contribution in [0.3, 0.4) is 0 Å². The van der Waals surface area contributed by atoms with Crippen LogP contribution in [0.4, 0.5) is 5.82 Å². The van der Waals surface area contributed by atoms with E-state index in [4.69, 9.17) is 0 Å². The van der Waals surface area contributed by atoms with Crippen LogP contribution >= 0.6 is 0 Å². The van der Waals surface area contributed by atoms with Crippen LogP contribution in [0.15, 0.2) is 4.63 Å². The minimum absolute atomic E-state index is 0.194. The molecule has 1 heterocycles. The van der Waals surface area contributed by atoms with E-state index in [0.29, 0.717) is 0 Å². The summed E-state index contributed by atoms with van der Waals surface area (Å²) in [4.78, 5) is 9.28. The Balaban J connectivity index is 3.08. The van der Waals surface area contributed by atoms with Crippen LogP contribution in [0.5, 0.6) is 0 Å². The summed E-state index contributed by atoms with van der Waals surface area (Å²) in [6.07, 6.45) is 0. The molecule has 6 nitrogen and oxygen atoms in total. The van der Waals surface area contributed by atoms with E-state index in [1.54, 1.807) is 0 Å². The molecule has 0 bridgehead atoms. The smallest absolute Gasteiger partial charge is 0.358 e. The summed E-state index contributed by atoms with van der Waals surface area (Å²) in [7, 11) is 0. The van der Waals surface area contributed by atoms with Crippen LogP contribution in [-0.2, 0) is 0 Å². The first-order valence-corrected chi connectivity index (χ1v) is 2.15. The molecule has 0 fully saturated rings. The number of aromatic nitrogens is 2. The largest absolute Gasteiger partial charge is 0.437 e. The van der Waals surface area contributed by atoms with Gasteiger partial charge in [-0.3, -0.25) is 0 Å². The topological polar surface area (TPSA) is 82.1 Å². The van der Waals surface area contributed by atoms with Crippen LogP contribution in [-0.4, -0.2) is 15.2 Å². The van der Waals surface area contributed by atoms with Crippen molar-refractivity contribution < 1.29 is 9.55 Å². The molecule has 0 saturated carbocycles. The average Bonchev–Trinajstić information content (AvgIpc) is 2.13. The van der Waals surface area contributed by atoms with Crippen molar-refractivity contribution in [3.05, 3.63) is 15.8 Å². The van der Waals surface area contributed by atoms with E-state index in [1.807, 2.05) is 0 Å². The van der Waals surface area contributed by atoms with Crippen molar-refractivity contribution in [1.82, 2.24) is 10.3 Å². The minimum atomic E-state index is -0.647. The molecule has 0 spiro atoms. The molecule has 0 aliphatic carbocycles. The van der Waals surface area contributed by atoms with Gasteiger partial charge in [0.2, 0.25) is 0 Å². The zero-order valence-corrected chi connectivity index (χ0v) is 4.57. The van der Waals surface area contributed by atoms with E-state index in [-0.39, 0.29) is 11.5 Å². The monoisotopic (exact) mass is 129 g/mol. The molecular weight excluding hydrogens is 126 g/mol. The molecule has 0 aliphatic heterocycles. The van der Waals surface area contributed by atoms with Crippen LogP contribution in [0.2, 0.25) is 0 Å². The van der Waals surface area contributed by atoms with Crippen LogP contribution < -0.4 is 0 Å². The Kier molecular flexibility index (Phi) is 1.14. The zero-order valence-electron chi connectivity index (χ0n) is 4.57. The van der Waals surface area contributed by atoms with Crippen molar-refractivity contribution in [3.8, 4) is 0 Å². The van der Waals surface area contributed by atoms with Gasteiger partial charge in [-0.1, -0.05) is 0 Å². The maximum absolute atomic E-state index is 9.93. The predicted octanol–water partition coefficient (Wildman–Crippen LogP) is 0.286. The number of nitro groups is 1. The number of aryl methyl sites for hydroxylation is 1. The third kappa shape index (κ3) is 0.857. The maximum atomic E-state index is 9.93. The molecule has 0 radical (unpaired) electrons. The standard InChI is InChI=1S/C3H3N3O3/c1-2-3(6(7)8)5-9-4-2/h1H3. The Hall–Kier alpha value is -1.46. The van der Waals surface area contributed by atoms with Gasteiger partial charge in [0.1, 0.15) is 0 Å². The quantitative estimate of drug-likeness (QED) is 0.402. The van der Waals surface area contributed by atoms with Gasteiger partial charge in [0, 0.05) is 0 Å². The molecule has 9 heavy (non-hydrogen) atoms. The summed E-state index contributed by atoms with van der Waals surface area (Å²) in [5.74, 6) is -0.324. The molecule has 0 aliphatic rings. The first-order valence-electron chi connectivity index (χ1n) is 2.15. The van der Waals surface area contributed by atoms with Crippen molar-refractivity contribution in [2.24, 2.45) is 0 Å². The van der Waals surface area contributed by atoms with Crippen molar-refractivity contribution >= 4 is 5.82 Å². The van der Waals surface area contributed by atoms with E-state index < -0.39 is 4.92 Å². The lowest BCUT2D eigenvalue weighted by Gasteiger charge is -1.82. The molecule has 0 aromatic carbocycles. The van der Waals surface area contributed by atoms with E-state index in [9.17, 15) is 10.1 Å². The maximum Gasteiger partial charge on any atom is 0.437 e. The number of nitrogens with zero attached hydrogens (tertiary/aromatic N) is 3. The van der Waals surface area contributed by atoms with Gasteiger partial charge >= 0.3 is 5.82 Å². The number of hydrogen-bond donors (Lipinski definition) is 0. The van der Waals surface area contributed by atoms with Gasteiger partial charge in [0.15, 0.2) is 10.9 Å². The van der Waals surface area contributed by atoms with Crippen LogP contribution in [0.1, 0.15) is 5.69 Å². The first kappa shape index (κ1) is 5.67. The van der Waals surface area contributed by atoms with Crippen molar-refractivity contribution in [1.29, 1.82) is 0 Å². The summed E-state index contributed by atoms with van der Waals surface area (Å²) in [5.41, 5.74) is 0.194. The van der Waals surface area contributed by atoms with Crippen LogP contribution in [0, 0.1) is 17.0 Å². The van der Waals surface area contributed by atoms with Crippen LogP contribution in [0.25, 0.3) is 0 Å². The Morgan fingerprint density at radius 2 is 2.33 bits per heavy atom. The third-order valence-electron chi connectivity index (χ3n) is 0.802. The van der Waals surface area contributed by atoms with E-state index in [0.717, 1.165) is 0 Å². The Morgan fingerprint density at radius 1 is 1.67 bits per heavy atom. The first-order chi connectivity index (χ1) is 4.22. The molecule has 48 valence electrons. The highest BCUT2D eigenvalue weighted by Gasteiger charge is 2.16. The SMILES string of the molecule is Cc1nonc1[N+](=O)[O-].